The molecule has 0 radical (unpaired) electrons. The number of anilines is 1. The number of carbonyl (C=O) groups is 3. The molecule has 0 aliphatic carbocycles. The zero-order chi connectivity index (χ0) is 20.6. The number of benzene rings is 2. The number of methoxy groups -OCH3 is 1. The van der Waals surface area contributed by atoms with Crippen molar-refractivity contribution < 1.29 is 19.1 Å². The van der Waals surface area contributed by atoms with Gasteiger partial charge < -0.3 is 15.4 Å². The minimum atomic E-state index is -0.431. The molecule has 3 N–H and O–H groups in total. The average Bonchev–Trinajstić information content (AvgIpc) is 2.72. The smallest absolute Gasteiger partial charge is 0.337 e. The topological polar surface area (TPSA) is 96.5 Å². The van der Waals surface area contributed by atoms with Crippen molar-refractivity contribution in [2.75, 3.05) is 12.4 Å². The molecule has 0 aromatic heterocycles. The highest BCUT2D eigenvalue weighted by Crippen LogP contribution is 2.19. The molecule has 2 atom stereocenters. The summed E-state index contributed by atoms with van der Waals surface area (Å²) in [5, 5.41) is 9.00. The summed E-state index contributed by atoms with van der Waals surface area (Å²) in [7, 11) is 1.32. The van der Waals surface area contributed by atoms with E-state index in [1.807, 2.05) is 30.3 Å². The van der Waals surface area contributed by atoms with Crippen molar-refractivity contribution in [2.24, 2.45) is 0 Å². The molecule has 2 aromatic rings. The van der Waals surface area contributed by atoms with E-state index in [-0.39, 0.29) is 36.2 Å². The van der Waals surface area contributed by atoms with Crippen molar-refractivity contribution in [1.82, 2.24) is 10.6 Å². The molecule has 3 rings (SSSR count). The summed E-state index contributed by atoms with van der Waals surface area (Å²) in [6.07, 6.45) is 0.422. The summed E-state index contributed by atoms with van der Waals surface area (Å²) in [5.74, 6) is 0.0493. The van der Waals surface area contributed by atoms with E-state index in [2.05, 4.69) is 20.7 Å². The van der Waals surface area contributed by atoms with Crippen molar-refractivity contribution >= 4 is 35.2 Å². The third kappa shape index (κ3) is 6.33. The Kier molecular flexibility index (Phi) is 7.26. The number of hydrogen-bond donors (Lipinski definition) is 3. The molecular formula is C21H23N3O4S. The summed E-state index contributed by atoms with van der Waals surface area (Å²) in [4.78, 5) is 35.8. The van der Waals surface area contributed by atoms with E-state index >= 15 is 0 Å². The standard InChI is InChI=1S/C21H23N3O4S/c1-28-20(27)15-7-9-16(10-8-15)22-18(25)11-17-12-19(26)24-21(23-17)29-13-14-5-3-2-4-6-14/h2-10,17,21,23H,11-13H2,1H3,(H,22,25)(H,24,26). The summed E-state index contributed by atoms with van der Waals surface area (Å²) < 4.78 is 4.65. The predicted molar refractivity (Wildman–Crippen MR) is 112 cm³/mol. The molecule has 7 nitrogen and oxygen atoms in total. The van der Waals surface area contributed by atoms with Crippen LogP contribution in [0, 0.1) is 0 Å². The van der Waals surface area contributed by atoms with Crippen LogP contribution in [0.3, 0.4) is 0 Å². The number of carbonyl (C=O) groups excluding carboxylic acids is 3. The van der Waals surface area contributed by atoms with E-state index in [1.165, 1.54) is 12.7 Å². The molecule has 29 heavy (non-hydrogen) atoms. The van der Waals surface area contributed by atoms with Crippen LogP contribution in [0.15, 0.2) is 54.6 Å². The molecular weight excluding hydrogens is 390 g/mol. The number of nitrogens with one attached hydrogen (secondary N) is 3. The highest BCUT2D eigenvalue weighted by atomic mass is 32.2. The summed E-state index contributed by atoms with van der Waals surface area (Å²) >= 11 is 1.58. The van der Waals surface area contributed by atoms with Crippen LogP contribution in [-0.2, 0) is 20.1 Å². The van der Waals surface area contributed by atoms with E-state index in [4.69, 9.17) is 0 Å². The molecule has 2 unspecified atom stereocenters. The highest BCUT2D eigenvalue weighted by Gasteiger charge is 2.27. The maximum Gasteiger partial charge on any atom is 0.337 e. The fourth-order valence-corrected chi connectivity index (χ4v) is 4.02. The lowest BCUT2D eigenvalue weighted by Gasteiger charge is -2.31. The Morgan fingerprint density at radius 3 is 2.55 bits per heavy atom. The van der Waals surface area contributed by atoms with Gasteiger partial charge in [0.1, 0.15) is 5.50 Å². The normalized spacial score (nSPS) is 18.6. The maximum absolute atomic E-state index is 12.4. The molecule has 2 amide bonds. The molecule has 2 aromatic carbocycles. The number of amides is 2. The van der Waals surface area contributed by atoms with Crippen LogP contribution in [0.25, 0.3) is 0 Å². The highest BCUT2D eigenvalue weighted by molar-refractivity contribution is 7.99. The number of hydrogen-bond acceptors (Lipinski definition) is 6. The van der Waals surface area contributed by atoms with Gasteiger partial charge in [0.15, 0.2) is 0 Å². The number of esters is 1. The quantitative estimate of drug-likeness (QED) is 0.604. The molecule has 1 aliphatic heterocycles. The van der Waals surface area contributed by atoms with Crippen LogP contribution in [0.1, 0.15) is 28.8 Å². The fraction of sp³-hybridized carbons (Fsp3) is 0.286. The molecule has 1 fully saturated rings. The van der Waals surface area contributed by atoms with Crippen LogP contribution in [0.4, 0.5) is 5.69 Å². The minimum absolute atomic E-state index is 0.0745. The lowest BCUT2D eigenvalue weighted by atomic mass is 10.1. The zero-order valence-corrected chi connectivity index (χ0v) is 16.8. The Bertz CT molecular complexity index is 858. The van der Waals surface area contributed by atoms with Crippen LogP contribution < -0.4 is 16.0 Å². The van der Waals surface area contributed by atoms with Gasteiger partial charge in [-0.25, -0.2) is 4.79 Å². The number of rotatable bonds is 7. The SMILES string of the molecule is COC(=O)c1ccc(NC(=O)CC2CC(=O)NC(SCc3ccccc3)N2)cc1. The van der Waals surface area contributed by atoms with Crippen molar-refractivity contribution in [3.05, 3.63) is 65.7 Å². The van der Waals surface area contributed by atoms with E-state index in [0.29, 0.717) is 11.3 Å². The third-order valence-corrected chi connectivity index (χ3v) is 5.48. The first-order chi connectivity index (χ1) is 14.0. The molecule has 1 aliphatic rings. The van der Waals surface area contributed by atoms with Crippen molar-refractivity contribution in [3.63, 3.8) is 0 Å². The second-order valence-corrected chi connectivity index (χ2v) is 7.73. The van der Waals surface area contributed by atoms with Crippen LogP contribution in [-0.4, -0.2) is 36.4 Å². The maximum atomic E-state index is 12.4. The number of thioether (sulfide) groups is 1. The van der Waals surface area contributed by atoms with E-state index in [9.17, 15) is 14.4 Å². The monoisotopic (exact) mass is 413 g/mol. The van der Waals surface area contributed by atoms with Crippen LogP contribution >= 0.6 is 11.8 Å². The van der Waals surface area contributed by atoms with Gasteiger partial charge in [0, 0.05) is 30.3 Å². The fourth-order valence-electron chi connectivity index (χ4n) is 2.96. The molecule has 1 saturated heterocycles. The van der Waals surface area contributed by atoms with Crippen molar-refractivity contribution in [1.29, 1.82) is 0 Å². The van der Waals surface area contributed by atoms with Crippen molar-refractivity contribution in [2.45, 2.75) is 30.1 Å². The molecule has 1 heterocycles. The average molecular weight is 413 g/mol. The molecule has 0 spiro atoms. The van der Waals surface area contributed by atoms with Gasteiger partial charge in [-0.15, -0.1) is 11.8 Å². The largest absolute Gasteiger partial charge is 0.465 e. The Morgan fingerprint density at radius 1 is 1.14 bits per heavy atom. The molecule has 152 valence electrons. The predicted octanol–water partition coefficient (Wildman–Crippen LogP) is 2.50. The Balaban J connectivity index is 1.50. The van der Waals surface area contributed by atoms with Crippen molar-refractivity contribution in [3.8, 4) is 0 Å². The first-order valence-corrected chi connectivity index (χ1v) is 10.3. The van der Waals surface area contributed by atoms with Crippen LogP contribution in [0.5, 0.6) is 0 Å². The van der Waals surface area contributed by atoms with Gasteiger partial charge in [-0.3, -0.25) is 14.9 Å². The molecule has 8 heteroatoms. The van der Waals surface area contributed by atoms with Gasteiger partial charge in [-0.2, -0.15) is 0 Å². The lowest BCUT2D eigenvalue weighted by Crippen LogP contribution is -2.55. The van der Waals surface area contributed by atoms with Gasteiger partial charge in [-0.05, 0) is 29.8 Å². The Labute approximate surface area is 173 Å². The van der Waals surface area contributed by atoms with Gasteiger partial charge >= 0.3 is 5.97 Å². The first-order valence-electron chi connectivity index (χ1n) is 9.22. The van der Waals surface area contributed by atoms with E-state index < -0.39 is 5.97 Å². The minimum Gasteiger partial charge on any atom is -0.465 e. The van der Waals surface area contributed by atoms with Crippen LogP contribution in [0.2, 0.25) is 0 Å². The van der Waals surface area contributed by atoms with Gasteiger partial charge in [0.25, 0.3) is 0 Å². The van der Waals surface area contributed by atoms with Gasteiger partial charge in [0.05, 0.1) is 12.7 Å². The summed E-state index contributed by atoms with van der Waals surface area (Å²) in [6, 6.07) is 16.2. The molecule has 0 saturated carbocycles. The lowest BCUT2D eigenvalue weighted by molar-refractivity contribution is -0.124. The third-order valence-electron chi connectivity index (χ3n) is 4.39. The second-order valence-electron chi connectivity index (χ2n) is 6.63. The van der Waals surface area contributed by atoms with Gasteiger partial charge in [0.2, 0.25) is 11.8 Å². The van der Waals surface area contributed by atoms with E-state index in [0.717, 1.165) is 5.75 Å². The summed E-state index contributed by atoms with van der Waals surface area (Å²) in [5.41, 5.74) is 1.92. The Hall–Kier alpha value is -2.84. The molecule has 0 bridgehead atoms. The van der Waals surface area contributed by atoms with Gasteiger partial charge in [-0.1, -0.05) is 30.3 Å². The number of ether oxygens (including phenoxy) is 1. The van der Waals surface area contributed by atoms with E-state index in [1.54, 1.807) is 36.0 Å². The summed E-state index contributed by atoms with van der Waals surface area (Å²) in [6.45, 7) is 0. The Morgan fingerprint density at radius 2 is 1.86 bits per heavy atom. The second kappa shape index (κ2) is 10.1. The first kappa shape index (κ1) is 20.9. The zero-order valence-electron chi connectivity index (χ0n) is 16.0.